The van der Waals surface area contributed by atoms with Gasteiger partial charge in [-0.05, 0) is 32.1 Å². The first-order valence-electron chi connectivity index (χ1n) is 15.5. The van der Waals surface area contributed by atoms with E-state index in [1.165, 1.54) is 64.2 Å². The maximum absolute atomic E-state index is 12.1. The number of hydrogen-bond acceptors (Lipinski definition) is 11. The molecule has 8 atom stereocenters. The van der Waals surface area contributed by atoms with Crippen molar-refractivity contribution in [3.63, 3.8) is 0 Å². The van der Waals surface area contributed by atoms with E-state index in [1.807, 2.05) is 0 Å². The molecular formula is C29H55O12P. The number of phosphoric acid groups is 1. The second kappa shape index (κ2) is 22.6. The molecular weight excluding hydrogens is 571 g/mol. The van der Waals surface area contributed by atoms with Gasteiger partial charge >= 0.3 is 13.8 Å². The number of hydrogen-bond donors (Lipinski definition) is 7. The molecule has 0 spiro atoms. The molecule has 1 saturated carbocycles. The minimum Gasteiger partial charge on any atom is -0.463 e. The van der Waals surface area contributed by atoms with Gasteiger partial charge in [-0.15, -0.1) is 0 Å². The maximum atomic E-state index is 12.1. The highest BCUT2D eigenvalue weighted by Crippen LogP contribution is 2.47. The summed E-state index contributed by atoms with van der Waals surface area (Å²) in [5.74, 6) is -0.514. The van der Waals surface area contributed by atoms with Crippen LogP contribution in [0.2, 0.25) is 0 Å². The number of allylic oxidation sites excluding steroid dienone is 2. The zero-order valence-corrected chi connectivity index (χ0v) is 25.9. The van der Waals surface area contributed by atoms with Crippen LogP contribution in [0, 0.1) is 0 Å². The van der Waals surface area contributed by atoms with Crippen molar-refractivity contribution in [3.8, 4) is 0 Å². The Bertz CT molecular complexity index is 766. The van der Waals surface area contributed by atoms with Crippen molar-refractivity contribution in [2.75, 3.05) is 13.2 Å². The monoisotopic (exact) mass is 626 g/mol. The summed E-state index contributed by atoms with van der Waals surface area (Å²) >= 11 is 0. The number of carbonyl (C=O) groups is 1. The number of carbonyl (C=O) groups excluding carboxylic acids is 1. The quantitative estimate of drug-likeness (QED) is 0.0358. The summed E-state index contributed by atoms with van der Waals surface area (Å²) in [4.78, 5) is 21.7. The largest absolute Gasteiger partial charge is 0.472 e. The van der Waals surface area contributed by atoms with Crippen LogP contribution < -0.4 is 0 Å². The number of phosphoric ester groups is 1. The van der Waals surface area contributed by atoms with Crippen LogP contribution in [0.25, 0.3) is 0 Å². The smallest absolute Gasteiger partial charge is 0.463 e. The second-order valence-electron chi connectivity index (χ2n) is 11.2. The van der Waals surface area contributed by atoms with Crippen molar-refractivity contribution in [3.05, 3.63) is 12.2 Å². The standard InChI is InChI=1S/C29H55O12P/c1-2-3-4-5-6-7-8-9-10-11-12-13-14-15-16-17-18-19-23(31)39-20-22(30)21-40-42(37,38)41-29-27(35)25(33)24(32)26(34)28(29)36/h9-10,22,24-30,32-36H,2-8,11-21H2,1H3,(H,37,38)/b10-9-/t22-,24?,25-,26?,27?,28?,29?/m1/s1. The molecule has 0 saturated heterocycles. The highest BCUT2D eigenvalue weighted by Gasteiger charge is 2.51. The molecule has 0 aromatic carbocycles. The van der Waals surface area contributed by atoms with Gasteiger partial charge in [0.15, 0.2) is 0 Å². The van der Waals surface area contributed by atoms with Crippen molar-refractivity contribution in [2.24, 2.45) is 0 Å². The molecule has 1 fully saturated rings. The summed E-state index contributed by atoms with van der Waals surface area (Å²) in [5, 5.41) is 58.6. The Hall–Kier alpha value is -0.920. The van der Waals surface area contributed by atoms with E-state index in [2.05, 4.69) is 28.1 Å². The van der Waals surface area contributed by atoms with Gasteiger partial charge in [0, 0.05) is 6.42 Å². The van der Waals surface area contributed by atoms with E-state index in [0.717, 1.165) is 25.7 Å². The molecule has 1 rings (SSSR count). The average Bonchev–Trinajstić information content (AvgIpc) is 2.96. The van der Waals surface area contributed by atoms with Crippen molar-refractivity contribution >= 4 is 13.8 Å². The molecule has 12 nitrogen and oxygen atoms in total. The van der Waals surface area contributed by atoms with Crippen molar-refractivity contribution in [1.82, 2.24) is 0 Å². The van der Waals surface area contributed by atoms with E-state index in [-0.39, 0.29) is 6.42 Å². The first-order chi connectivity index (χ1) is 20.0. The fourth-order valence-corrected chi connectivity index (χ4v) is 5.67. The molecule has 0 aromatic heterocycles. The maximum Gasteiger partial charge on any atom is 0.472 e. The topological polar surface area (TPSA) is 203 Å². The van der Waals surface area contributed by atoms with E-state index in [4.69, 9.17) is 4.74 Å². The molecule has 0 bridgehead atoms. The van der Waals surface area contributed by atoms with Gasteiger partial charge in [-0.25, -0.2) is 4.57 Å². The summed E-state index contributed by atoms with van der Waals surface area (Å²) in [6.07, 6.45) is 9.15. The van der Waals surface area contributed by atoms with Crippen LogP contribution in [0.5, 0.6) is 0 Å². The third kappa shape index (κ3) is 16.8. The number of unbranched alkanes of at least 4 members (excludes halogenated alkanes) is 13. The highest BCUT2D eigenvalue weighted by atomic mass is 31.2. The molecule has 1 aliphatic rings. The lowest BCUT2D eigenvalue weighted by atomic mass is 9.85. The van der Waals surface area contributed by atoms with Crippen LogP contribution in [-0.2, 0) is 23.1 Å². The summed E-state index contributed by atoms with van der Waals surface area (Å²) < 4.78 is 26.4. The molecule has 0 amide bonds. The predicted molar refractivity (Wildman–Crippen MR) is 156 cm³/mol. The molecule has 0 radical (unpaired) electrons. The van der Waals surface area contributed by atoms with Gasteiger partial charge in [-0.2, -0.15) is 0 Å². The molecule has 0 aromatic rings. The molecule has 1 aliphatic carbocycles. The lowest BCUT2D eigenvalue weighted by molar-refractivity contribution is -0.220. The average molecular weight is 627 g/mol. The third-order valence-corrected chi connectivity index (χ3v) is 8.32. The van der Waals surface area contributed by atoms with Gasteiger partial charge < -0.3 is 40.3 Å². The normalized spacial score (nSPS) is 26.8. The summed E-state index contributed by atoms with van der Waals surface area (Å²) in [7, 11) is -4.99. The fraction of sp³-hybridized carbons (Fsp3) is 0.897. The molecule has 0 heterocycles. The molecule has 7 N–H and O–H groups in total. The number of ether oxygens (including phenoxy) is 1. The van der Waals surface area contributed by atoms with Crippen molar-refractivity contribution in [2.45, 2.75) is 152 Å². The third-order valence-electron chi connectivity index (χ3n) is 7.34. The molecule has 0 aliphatic heterocycles. The Kier molecular flexibility index (Phi) is 21.0. The van der Waals surface area contributed by atoms with Gasteiger partial charge in [-0.1, -0.05) is 83.3 Å². The van der Waals surface area contributed by atoms with Gasteiger partial charge in [0.25, 0.3) is 0 Å². The Morgan fingerprint density at radius 2 is 1.17 bits per heavy atom. The predicted octanol–water partition coefficient (Wildman–Crippen LogP) is 3.03. The fourth-order valence-electron chi connectivity index (χ4n) is 4.69. The van der Waals surface area contributed by atoms with Crippen LogP contribution in [-0.4, -0.2) is 97.4 Å². The Morgan fingerprint density at radius 1 is 0.714 bits per heavy atom. The van der Waals surface area contributed by atoms with E-state index in [9.17, 15) is 44.9 Å². The van der Waals surface area contributed by atoms with Crippen molar-refractivity contribution in [1.29, 1.82) is 0 Å². The van der Waals surface area contributed by atoms with Crippen LogP contribution in [0.1, 0.15) is 110 Å². The lowest BCUT2D eigenvalue weighted by Gasteiger charge is -2.41. The van der Waals surface area contributed by atoms with Crippen LogP contribution in [0.15, 0.2) is 12.2 Å². The van der Waals surface area contributed by atoms with Crippen molar-refractivity contribution < 1.29 is 58.7 Å². The Morgan fingerprint density at radius 3 is 1.69 bits per heavy atom. The van der Waals surface area contributed by atoms with Gasteiger partial charge in [0.05, 0.1) is 6.61 Å². The SMILES string of the molecule is CCCCCCCC/C=C\CCCCCCCCCC(=O)OC[C@@H](O)COP(=O)(O)OC1C(O)C(O)C(O)[C@@H](O)C1O. The Labute approximate surface area is 250 Å². The zero-order valence-electron chi connectivity index (χ0n) is 25.0. The Balaban J connectivity index is 2.04. The number of esters is 1. The van der Waals surface area contributed by atoms with Crippen LogP contribution in [0.4, 0.5) is 0 Å². The van der Waals surface area contributed by atoms with Crippen LogP contribution >= 0.6 is 7.82 Å². The first kappa shape index (κ1) is 39.1. The lowest BCUT2D eigenvalue weighted by Crippen LogP contribution is -2.64. The number of aliphatic hydroxyl groups is 6. The summed E-state index contributed by atoms with van der Waals surface area (Å²) in [5.41, 5.74) is 0. The first-order valence-corrected chi connectivity index (χ1v) is 17.0. The van der Waals surface area contributed by atoms with Gasteiger partial charge in [-0.3, -0.25) is 13.8 Å². The number of rotatable bonds is 24. The molecule has 6 unspecified atom stereocenters. The molecule has 42 heavy (non-hydrogen) atoms. The van der Waals surface area contributed by atoms with E-state index < -0.39 is 69.7 Å². The van der Waals surface area contributed by atoms with E-state index in [0.29, 0.717) is 6.42 Å². The summed E-state index contributed by atoms with van der Waals surface area (Å²) in [6, 6.07) is 0. The summed E-state index contributed by atoms with van der Waals surface area (Å²) in [6.45, 7) is 0.980. The molecule has 13 heteroatoms. The highest BCUT2D eigenvalue weighted by molar-refractivity contribution is 7.47. The van der Waals surface area contributed by atoms with E-state index >= 15 is 0 Å². The minimum absolute atomic E-state index is 0.187. The van der Waals surface area contributed by atoms with Gasteiger partial charge in [0.2, 0.25) is 0 Å². The minimum atomic E-state index is -4.99. The van der Waals surface area contributed by atoms with E-state index in [1.54, 1.807) is 0 Å². The molecule has 248 valence electrons. The number of aliphatic hydroxyl groups excluding tert-OH is 6. The van der Waals surface area contributed by atoms with Crippen LogP contribution in [0.3, 0.4) is 0 Å². The zero-order chi connectivity index (χ0) is 31.4. The second-order valence-corrected chi connectivity index (χ2v) is 12.6. The van der Waals surface area contributed by atoms with Gasteiger partial charge in [0.1, 0.15) is 49.3 Å².